The average molecular weight is 269 g/mol. The topological polar surface area (TPSA) is 59.4 Å². The molecule has 1 fully saturated rings. The number of ether oxygens (including phenoxy) is 1. The van der Waals surface area contributed by atoms with E-state index in [1.54, 1.807) is 21.0 Å². The molecule has 0 unspecified atom stereocenters. The lowest BCUT2D eigenvalue weighted by Crippen LogP contribution is -2.30. The molecular weight excluding hydrogens is 250 g/mol. The fourth-order valence-corrected chi connectivity index (χ4v) is 3.55. The molecule has 0 radical (unpaired) electrons. The van der Waals surface area contributed by atoms with Crippen molar-refractivity contribution in [1.29, 1.82) is 0 Å². The van der Waals surface area contributed by atoms with Crippen molar-refractivity contribution >= 4 is 17.3 Å². The first kappa shape index (κ1) is 13.5. The maximum atomic E-state index is 11.2. The third kappa shape index (κ3) is 2.06. The second-order valence-corrected chi connectivity index (χ2v) is 6.23. The lowest BCUT2D eigenvalue weighted by Gasteiger charge is -2.25. The van der Waals surface area contributed by atoms with Gasteiger partial charge >= 0.3 is 5.97 Å². The number of carboxylic acids is 1. The van der Waals surface area contributed by atoms with Crippen molar-refractivity contribution in [1.82, 2.24) is 4.98 Å². The zero-order chi connectivity index (χ0) is 13.4. The molecule has 0 spiro atoms. The second-order valence-electron chi connectivity index (χ2n) is 5.37. The molecule has 0 atom stereocenters. The molecule has 5 heteroatoms. The van der Waals surface area contributed by atoms with Gasteiger partial charge in [-0.3, -0.25) is 4.79 Å². The number of thiazole rings is 1. The fraction of sp³-hybridized carbons (Fsp3) is 0.692. The van der Waals surface area contributed by atoms with E-state index in [1.807, 2.05) is 5.38 Å². The number of carboxylic acid groups (broad SMARTS) is 1. The van der Waals surface area contributed by atoms with Gasteiger partial charge in [-0.05, 0) is 26.7 Å². The molecule has 0 aliphatic heterocycles. The van der Waals surface area contributed by atoms with Crippen LogP contribution in [0.5, 0.6) is 0 Å². The van der Waals surface area contributed by atoms with Crippen molar-refractivity contribution in [3.05, 3.63) is 16.1 Å². The molecule has 1 aliphatic carbocycles. The minimum Gasteiger partial charge on any atom is -0.481 e. The second kappa shape index (κ2) is 4.63. The normalized spacial score (nSPS) is 19.1. The summed E-state index contributed by atoms with van der Waals surface area (Å²) in [6.45, 7) is 3.37. The number of aromatic nitrogens is 1. The van der Waals surface area contributed by atoms with E-state index >= 15 is 0 Å². The number of aliphatic carboxylic acids is 1. The van der Waals surface area contributed by atoms with Crippen LogP contribution < -0.4 is 0 Å². The summed E-state index contributed by atoms with van der Waals surface area (Å²) in [5.41, 5.74) is -0.599. The van der Waals surface area contributed by atoms with Crippen molar-refractivity contribution < 1.29 is 14.6 Å². The molecule has 100 valence electrons. The Morgan fingerprint density at radius 2 is 2.11 bits per heavy atom. The molecule has 0 saturated heterocycles. The van der Waals surface area contributed by atoms with E-state index in [1.165, 1.54) is 11.3 Å². The summed E-state index contributed by atoms with van der Waals surface area (Å²) < 4.78 is 5.67. The third-order valence-electron chi connectivity index (χ3n) is 3.87. The Morgan fingerprint density at radius 1 is 1.50 bits per heavy atom. The van der Waals surface area contributed by atoms with Crippen LogP contribution in [0.1, 0.15) is 50.2 Å². The van der Waals surface area contributed by atoms with Crippen LogP contribution in [0.25, 0.3) is 0 Å². The number of carbonyl (C=O) groups is 1. The summed E-state index contributed by atoms with van der Waals surface area (Å²) in [7, 11) is 1.72. The molecule has 1 saturated carbocycles. The van der Waals surface area contributed by atoms with Gasteiger partial charge in [-0.2, -0.15) is 0 Å². The highest BCUT2D eigenvalue weighted by atomic mass is 32.1. The van der Waals surface area contributed by atoms with Gasteiger partial charge in [0.25, 0.3) is 0 Å². The predicted molar refractivity (Wildman–Crippen MR) is 69.9 cm³/mol. The quantitative estimate of drug-likeness (QED) is 0.913. The summed E-state index contributed by atoms with van der Waals surface area (Å²) in [5, 5.41) is 12.0. The van der Waals surface area contributed by atoms with Gasteiger partial charge in [-0.1, -0.05) is 12.8 Å². The van der Waals surface area contributed by atoms with Crippen LogP contribution in [0, 0.1) is 0 Å². The van der Waals surface area contributed by atoms with Gasteiger partial charge in [-0.25, -0.2) is 4.98 Å². The Labute approximate surface area is 111 Å². The first-order valence-electron chi connectivity index (χ1n) is 6.17. The highest BCUT2D eigenvalue weighted by Crippen LogP contribution is 2.43. The Balaban J connectivity index is 2.33. The maximum absolute atomic E-state index is 11.2. The molecule has 1 aliphatic rings. The fourth-order valence-electron chi connectivity index (χ4n) is 2.33. The number of hydrogen-bond donors (Lipinski definition) is 1. The molecule has 4 nitrogen and oxygen atoms in total. The molecule has 1 heterocycles. The molecule has 0 bridgehead atoms. The van der Waals surface area contributed by atoms with E-state index in [-0.39, 0.29) is 5.60 Å². The first-order valence-corrected chi connectivity index (χ1v) is 7.05. The summed E-state index contributed by atoms with van der Waals surface area (Å²) >= 11 is 1.52. The summed E-state index contributed by atoms with van der Waals surface area (Å²) in [6, 6.07) is 0. The monoisotopic (exact) mass is 269 g/mol. The van der Waals surface area contributed by atoms with E-state index in [2.05, 4.69) is 4.98 Å². The summed E-state index contributed by atoms with van der Waals surface area (Å²) in [4.78, 5) is 15.8. The van der Waals surface area contributed by atoms with Crippen LogP contribution in [0.3, 0.4) is 0 Å². The highest BCUT2D eigenvalue weighted by molar-refractivity contribution is 7.09. The van der Waals surface area contributed by atoms with Gasteiger partial charge < -0.3 is 9.84 Å². The van der Waals surface area contributed by atoms with Crippen LogP contribution in [0.15, 0.2) is 5.38 Å². The zero-order valence-electron chi connectivity index (χ0n) is 11.0. The number of hydrogen-bond acceptors (Lipinski definition) is 4. The van der Waals surface area contributed by atoms with E-state index in [0.29, 0.717) is 5.69 Å². The predicted octanol–water partition coefficient (Wildman–Crippen LogP) is 2.92. The SMILES string of the molecule is COC1(c2nc(C(C)(C)C(=O)O)cs2)CCCC1. The lowest BCUT2D eigenvalue weighted by molar-refractivity contribution is -0.142. The minimum absolute atomic E-state index is 0.280. The molecule has 1 aromatic heterocycles. The summed E-state index contributed by atoms with van der Waals surface area (Å²) in [6.07, 6.45) is 4.24. The van der Waals surface area contributed by atoms with Crippen molar-refractivity contribution in [2.45, 2.75) is 50.5 Å². The minimum atomic E-state index is -0.942. The van der Waals surface area contributed by atoms with Gasteiger partial charge in [0.05, 0.1) is 5.69 Å². The first-order chi connectivity index (χ1) is 8.42. The Morgan fingerprint density at radius 3 is 2.61 bits per heavy atom. The standard InChI is InChI=1S/C13H19NO3S/c1-12(2,11(15)16)9-8-18-10(14-9)13(17-3)6-4-5-7-13/h8H,4-7H2,1-3H3,(H,15,16). The zero-order valence-corrected chi connectivity index (χ0v) is 11.8. The summed E-state index contributed by atoms with van der Waals surface area (Å²) in [5.74, 6) is -0.850. The van der Waals surface area contributed by atoms with E-state index < -0.39 is 11.4 Å². The van der Waals surface area contributed by atoms with Crippen LogP contribution in [-0.4, -0.2) is 23.2 Å². The van der Waals surface area contributed by atoms with Crippen molar-refractivity contribution in [3.63, 3.8) is 0 Å². The van der Waals surface area contributed by atoms with Crippen molar-refractivity contribution in [2.24, 2.45) is 0 Å². The van der Waals surface area contributed by atoms with Gasteiger partial charge in [0, 0.05) is 12.5 Å². The Bertz CT molecular complexity index is 447. The third-order valence-corrected chi connectivity index (χ3v) is 4.90. The van der Waals surface area contributed by atoms with Crippen molar-refractivity contribution in [2.75, 3.05) is 7.11 Å². The van der Waals surface area contributed by atoms with Crippen LogP contribution in [-0.2, 0) is 20.5 Å². The van der Waals surface area contributed by atoms with E-state index in [9.17, 15) is 9.90 Å². The van der Waals surface area contributed by atoms with Gasteiger partial charge in [0.15, 0.2) is 0 Å². The van der Waals surface area contributed by atoms with Crippen LogP contribution in [0.4, 0.5) is 0 Å². The molecular formula is C13H19NO3S. The number of rotatable bonds is 4. The molecule has 0 amide bonds. The van der Waals surface area contributed by atoms with E-state index in [0.717, 1.165) is 30.7 Å². The smallest absolute Gasteiger partial charge is 0.315 e. The van der Waals surface area contributed by atoms with Crippen LogP contribution >= 0.6 is 11.3 Å². The van der Waals surface area contributed by atoms with Gasteiger partial charge in [0.2, 0.25) is 0 Å². The molecule has 2 rings (SSSR count). The van der Waals surface area contributed by atoms with E-state index in [4.69, 9.17) is 4.74 Å². The van der Waals surface area contributed by atoms with Gasteiger partial charge in [0.1, 0.15) is 16.0 Å². The van der Waals surface area contributed by atoms with Gasteiger partial charge in [-0.15, -0.1) is 11.3 Å². The Hall–Kier alpha value is -0.940. The maximum Gasteiger partial charge on any atom is 0.315 e. The number of nitrogens with zero attached hydrogens (tertiary/aromatic N) is 1. The molecule has 0 aromatic carbocycles. The Kier molecular flexibility index (Phi) is 3.47. The average Bonchev–Trinajstić information content (AvgIpc) is 2.98. The molecule has 1 N–H and O–H groups in total. The molecule has 1 aromatic rings. The largest absolute Gasteiger partial charge is 0.481 e. The number of methoxy groups -OCH3 is 1. The molecule has 18 heavy (non-hydrogen) atoms. The van der Waals surface area contributed by atoms with Crippen molar-refractivity contribution in [3.8, 4) is 0 Å². The van der Waals surface area contributed by atoms with Crippen LogP contribution in [0.2, 0.25) is 0 Å². The lowest BCUT2D eigenvalue weighted by atomic mass is 9.90. The highest BCUT2D eigenvalue weighted by Gasteiger charge is 2.40.